The summed E-state index contributed by atoms with van der Waals surface area (Å²) in [5, 5.41) is 13.5. The standard InChI is InChI=1S/C26H31ClN4O4S/c27-17-12-31(22-19(32)13-35-23(17)22)26(34)21(15-4-2-1-3-5-15)30-24(33)25-29-11-20(36-25)16-8-9-28-18(10-16)14-6-7-14/h8-11,14-15,17,19,21-23,32H,1-7,12-13H2,(H,30,33). The van der Waals surface area contributed by atoms with Crippen LogP contribution < -0.4 is 5.32 Å². The first-order valence-corrected chi connectivity index (χ1v) is 14.2. The van der Waals surface area contributed by atoms with Crippen molar-refractivity contribution in [2.75, 3.05) is 13.2 Å². The number of aromatic nitrogens is 2. The third-order valence-electron chi connectivity index (χ3n) is 8.00. The minimum atomic E-state index is -0.771. The molecule has 8 nitrogen and oxygen atoms in total. The molecule has 4 heterocycles. The molecule has 2 aromatic heterocycles. The van der Waals surface area contributed by atoms with Crippen molar-refractivity contribution in [2.24, 2.45) is 5.92 Å². The zero-order valence-electron chi connectivity index (χ0n) is 20.0. The van der Waals surface area contributed by atoms with Crippen molar-refractivity contribution >= 4 is 34.8 Å². The predicted octanol–water partition coefficient (Wildman–Crippen LogP) is 3.34. The second-order valence-corrected chi connectivity index (χ2v) is 12.1. The molecule has 0 radical (unpaired) electrons. The summed E-state index contributed by atoms with van der Waals surface area (Å²) in [6.45, 7) is 0.473. The molecule has 5 unspecified atom stereocenters. The van der Waals surface area contributed by atoms with E-state index in [9.17, 15) is 14.7 Å². The lowest BCUT2D eigenvalue weighted by atomic mass is 9.83. The summed E-state index contributed by atoms with van der Waals surface area (Å²) in [4.78, 5) is 38.6. The van der Waals surface area contributed by atoms with Crippen LogP contribution in [0.4, 0.5) is 0 Å². The van der Waals surface area contributed by atoms with Crippen LogP contribution in [0.15, 0.2) is 24.5 Å². The number of rotatable bonds is 6. The highest BCUT2D eigenvalue weighted by molar-refractivity contribution is 7.17. The lowest BCUT2D eigenvalue weighted by molar-refractivity contribution is -0.137. The molecule has 2 aliphatic heterocycles. The van der Waals surface area contributed by atoms with E-state index in [2.05, 4.69) is 21.4 Å². The van der Waals surface area contributed by atoms with Gasteiger partial charge in [0, 0.05) is 30.6 Å². The van der Waals surface area contributed by atoms with Gasteiger partial charge in [0.05, 0.1) is 29.0 Å². The quantitative estimate of drug-likeness (QED) is 0.555. The highest BCUT2D eigenvalue weighted by Gasteiger charge is 2.53. The number of hydrogen-bond donors (Lipinski definition) is 2. The Morgan fingerprint density at radius 1 is 1.19 bits per heavy atom. The maximum Gasteiger partial charge on any atom is 0.280 e. The normalized spacial score (nSPS) is 29.2. The Morgan fingerprint density at radius 3 is 2.78 bits per heavy atom. The van der Waals surface area contributed by atoms with Crippen LogP contribution in [0.25, 0.3) is 10.4 Å². The van der Waals surface area contributed by atoms with E-state index >= 15 is 0 Å². The van der Waals surface area contributed by atoms with Gasteiger partial charge in [0.2, 0.25) is 5.91 Å². The van der Waals surface area contributed by atoms with E-state index in [-0.39, 0.29) is 35.8 Å². The molecule has 2 saturated heterocycles. The smallest absolute Gasteiger partial charge is 0.280 e. The first kappa shape index (κ1) is 24.3. The first-order chi connectivity index (χ1) is 17.5. The molecule has 2 N–H and O–H groups in total. The summed E-state index contributed by atoms with van der Waals surface area (Å²) >= 11 is 7.80. The number of halogens is 1. The summed E-state index contributed by atoms with van der Waals surface area (Å²) < 4.78 is 5.65. The number of thiazole rings is 1. The minimum Gasteiger partial charge on any atom is -0.388 e. The second-order valence-electron chi connectivity index (χ2n) is 10.5. The molecule has 5 atom stereocenters. The molecule has 0 spiro atoms. The number of pyridine rings is 1. The van der Waals surface area contributed by atoms with Crippen molar-refractivity contribution in [3.63, 3.8) is 0 Å². The number of alkyl halides is 1. The monoisotopic (exact) mass is 530 g/mol. The second kappa shape index (κ2) is 10.0. The van der Waals surface area contributed by atoms with Crippen molar-refractivity contribution in [1.82, 2.24) is 20.2 Å². The zero-order valence-corrected chi connectivity index (χ0v) is 21.6. The van der Waals surface area contributed by atoms with Gasteiger partial charge in [-0.05, 0) is 49.3 Å². The van der Waals surface area contributed by atoms with Gasteiger partial charge in [-0.2, -0.15) is 0 Å². The number of aliphatic hydroxyl groups excluding tert-OH is 1. The van der Waals surface area contributed by atoms with Gasteiger partial charge in [0.15, 0.2) is 5.01 Å². The molecular formula is C26H31ClN4O4S. The molecule has 10 heteroatoms. The molecule has 0 aromatic carbocycles. The fourth-order valence-corrected chi connectivity index (χ4v) is 7.11. The largest absolute Gasteiger partial charge is 0.388 e. The number of fused-ring (bicyclic) bond motifs is 1. The Balaban J connectivity index is 1.21. The molecule has 6 rings (SSSR count). The van der Waals surface area contributed by atoms with Crippen molar-refractivity contribution in [3.8, 4) is 10.4 Å². The van der Waals surface area contributed by atoms with Crippen LogP contribution in [-0.2, 0) is 9.53 Å². The SMILES string of the molecule is O=C(NC(C(=O)N1CC(Cl)C2OCC(O)C21)C1CCCCC1)c1ncc(-c2ccnc(C3CC3)c2)s1. The van der Waals surface area contributed by atoms with Gasteiger partial charge in [-0.1, -0.05) is 19.3 Å². The summed E-state index contributed by atoms with van der Waals surface area (Å²) in [5.74, 6) is 0.0682. The van der Waals surface area contributed by atoms with E-state index in [4.69, 9.17) is 16.3 Å². The Labute approximate surface area is 219 Å². The molecule has 2 amide bonds. The summed E-state index contributed by atoms with van der Waals surface area (Å²) in [6.07, 6.45) is 9.71. The number of aliphatic hydroxyl groups is 1. The Kier molecular flexibility index (Phi) is 6.75. The number of amides is 2. The van der Waals surface area contributed by atoms with Crippen LogP contribution >= 0.6 is 22.9 Å². The van der Waals surface area contributed by atoms with Crippen LogP contribution in [0.5, 0.6) is 0 Å². The van der Waals surface area contributed by atoms with Gasteiger partial charge in [0.25, 0.3) is 5.91 Å². The molecule has 2 saturated carbocycles. The topological polar surface area (TPSA) is 105 Å². The number of nitrogens with one attached hydrogen (secondary N) is 1. The first-order valence-electron chi connectivity index (χ1n) is 13.0. The molecule has 0 bridgehead atoms. The predicted molar refractivity (Wildman–Crippen MR) is 136 cm³/mol. The number of nitrogens with zero attached hydrogens (tertiary/aromatic N) is 3. The Bertz CT molecular complexity index is 1130. The number of ether oxygens (including phenoxy) is 1. The number of carbonyl (C=O) groups is 2. The molecular weight excluding hydrogens is 500 g/mol. The van der Waals surface area contributed by atoms with Gasteiger partial charge in [-0.15, -0.1) is 22.9 Å². The van der Waals surface area contributed by atoms with Crippen LogP contribution in [0.3, 0.4) is 0 Å². The fraction of sp³-hybridized carbons (Fsp3) is 0.615. The van der Waals surface area contributed by atoms with Crippen molar-refractivity contribution in [2.45, 2.75) is 80.5 Å². The third kappa shape index (κ3) is 4.66. The molecule has 2 aromatic rings. The minimum absolute atomic E-state index is 0.0446. The average Bonchev–Trinajstić information content (AvgIpc) is 3.35. The van der Waals surface area contributed by atoms with E-state index in [1.165, 1.54) is 24.2 Å². The van der Waals surface area contributed by atoms with Crippen LogP contribution in [0.2, 0.25) is 0 Å². The van der Waals surface area contributed by atoms with Crippen molar-refractivity contribution in [3.05, 3.63) is 35.2 Å². The Morgan fingerprint density at radius 2 is 2.00 bits per heavy atom. The molecule has 192 valence electrons. The molecule has 36 heavy (non-hydrogen) atoms. The zero-order chi connectivity index (χ0) is 24.8. The maximum absolute atomic E-state index is 13.8. The molecule has 2 aliphatic carbocycles. The summed E-state index contributed by atoms with van der Waals surface area (Å²) in [5.41, 5.74) is 2.10. The van der Waals surface area contributed by atoms with E-state index in [1.807, 2.05) is 12.3 Å². The van der Waals surface area contributed by atoms with Crippen LogP contribution in [0, 0.1) is 5.92 Å². The highest BCUT2D eigenvalue weighted by atomic mass is 35.5. The van der Waals surface area contributed by atoms with Gasteiger partial charge < -0.3 is 20.1 Å². The van der Waals surface area contributed by atoms with Gasteiger partial charge in [0.1, 0.15) is 12.1 Å². The third-order valence-corrected chi connectivity index (χ3v) is 9.43. The van der Waals surface area contributed by atoms with Crippen LogP contribution in [0.1, 0.15) is 66.4 Å². The van der Waals surface area contributed by atoms with Gasteiger partial charge in [-0.3, -0.25) is 14.6 Å². The van der Waals surface area contributed by atoms with E-state index in [0.29, 0.717) is 17.5 Å². The number of hydrogen-bond acceptors (Lipinski definition) is 7. The fourth-order valence-electron chi connectivity index (χ4n) is 5.93. The van der Waals surface area contributed by atoms with Crippen molar-refractivity contribution in [1.29, 1.82) is 0 Å². The van der Waals surface area contributed by atoms with E-state index < -0.39 is 18.2 Å². The highest BCUT2D eigenvalue weighted by Crippen LogP contribution is 2.40. The summed E-state index contributed by atoms with van der Waals surface area (Å²) in [6, 6.07) is 2.88. The van der Waals surface area contributed by atoms with Gasteiger partial charge >= 0.3 is 0 Å². The van der Waals surface area contributed by atoms with Crippen molar-refractivity contribution < 1.29 is 19.4 Å². The maximum atomic E-state index is 13.8. The molecule has 4 fully saturated rings. The summed E-state index contributed by atoms with van der Waals surface area (Å²) in [7, 11) is 0. The lowest BCUT2D eigenvalue weighted by Crippen LogP contribution is -2.56. The number of likely N-dealkylation sites (tertiary alicyclic amines) is 1. The molecule has 4 aliphatic rings. The van der Waals surface area contributed by atoms with Gasteiger partial charge in [-0.25, -0.2) is 4.98 Å². The van der Waals surface area contributed by atoms with E-state index in [1.54, 1.807) is 11.1 Å². The average molecular weight is 531 g/mol. The van der Waals surface area contributed by atoms with E-state index in [0.717, 1.165) is 48.2 Å². The lowest BCUT2D eigenvalue weighted by Gasteiger charge is -2.35. The Hall–Kier alpha value is -2.07. The van der Waals surface area contributed by atoms with Crippen LogP contribution in [-0.4, -0.2) is 74.6 Å². The number of carbonyl (C=O) groups excluding carboxylic acids is 2.